The average Bonchev–Trinajstić information content (AvgIpc) is 2.87. The first-order chi connectivity index (χ1) is 9.92. The van der Waals surface area contributed by atoms with E-state index in [1.807, 2.05) is 13.8 Å². The van der Waals surface area contributed by atoms with Crippen LogP contribution in [0.2, 0.25) is 0 Å². The van der Waals surface area contributed by atoms with Crippen LogP contribution in [0.3, 0.4) is 0 Å². The highest BCUT2D eigenvalue weighted by Crippen LogP contribution is 2.35. The monoisotopic (exact) mass is 310 g/mol. The molecule has 5 nitrogen and oxygen atoms in total. The Morgan fingerprint density at radius 3 is 2.43 bits per heavy atom. The van der Waals surface area contributed by atoms with E-state index in [2.05, 4.69) is 4.98 Å². The minimum atomic E-state index is -1.06. The molecule has 1 aliphatic rings. The lowest BCUT2D eigenvalue weighted by Gasteiger charge is -2.40. The highest BCUT2D eigenvalue weighted by Gasteiger charge is 2.46. The number of aliphatic carboxylic acids is 1. The lowest BCUT2D eigenvalue weighted by Crippen LogP contribution is -2.56. The molecular weight excluding hydrogens is 288 g/mol. The standard InChI is InChI=1S/C15H22N2O3S/c1-4-11-16-10(2)12(21-11)13(18)17(3)15(14(19)20)8-6-5-7-9-15/h4-9H2,1-3H3,(H,19,20). The van der Waals surface area contributed by atoms with Crippen LogP contribution < -0.4 is 0 Å². The van der Waals surface area contributed by atoms with Crippen molar-refractivity contribution in [3.8, 4) is 0 Å². The molecule has 1 saturated carbocycles. The lowest BCUT2D eigenvalue weighted by atomic mass is 9.80. The van der Waals surface area contributed by atoms with Gasteiger partial charge in [0.05, 0.1) is 10.7 Å². The number of thiazole rings is 1. The number of nitrogens with zero attached hydrogens (tertiary/aromatic N) is 2. The zero-order valence-electron chi connectivity index (χ0n) is 12.8. The van der Waals surface area contributed by atoms with Gasteiger partial charge < -0.3 is 10.0 Å². The number of carboxylic acid groups (broad SMARTS) is 1. The Balaban J connectivity index is 2.31. The molecule has 0 unspecified atom stereocenters. The largest absolute Gasteiger partial charge is 0.479 e. The third-order valence-electron chi connectivity index (χ3n) is 4.36. The molecule has 0 aliphatic heterocycles. The van der Waals surface area contributed by atoms with Gasteiger partial charge in [0.2, 0.25) is 0 Å². The first-order valence-electron chi connectivity index (χ1n) is 7.40. The van der Waals surface area contributed by atoms with Gasteiger partial charge in [-0.2, -0.15) is 0 Å². The van der Waals surface area contributed by atoms with Crippen LogP contribution >= 0.6 is 11.3 Å². The third kappa shape index (κ3) is 2.81. The molecule has 6 heteroatoms. The number of carbonyl (C=O) groups is 2. The summed E-state index contributed by atoms with van der Waals surface area (Å²) < 4.78 is 0. The van der Waals surface area contributed by atoms with Crippen LogP contribution in [0.4, 0.5) is 0 Å². The second-order valence-corrected chi connectivity index (χ2v) is 6.72. The number of rotatable bonds is 4. The van der Waals surface area contributed by atoms with E-state index in [1.54, 1.807) is 7.05 Å². The minimum Gasteiger partial charge on any atom is -0.479 e. The quantitative estimate of drug-likeness (QED) is 0.928. The SMILES string of the molecule is CCc1nc(C)c(C(=O)N(C)C2(C(=O)O)CCCCC2)s1. The molecule has 1 aliphatic carbocycles. The summed E-state index contributed by atoms with van der Waals surface area (Å²) in [5.41, 5.74) is -0.358. The number of likely N-dealkylation sites (N-methyl/N-ethyl adjacent to an activating group) is 1. The summed E-state index contributed by atoms with van der Waals surface area (Å²) in [6.45, 7) is 3.81. The lowest BCUT2D eigenvalue weighted by molar-refractivity contribution is -0.151. The van der Waals surface area contributed by atoms with Gasteiger partial charge in [0.1, 0.15) is 10.4 Å². The summed E-state index contributed by atoms with van der Waals surface area (Å²) in [5.74, 6) is -1.11. The normalized spacial score (nSPS) is 17.5. The van der Waals surface area contributed by atoms with Crippen LogP contribution in [-0.2, 0) is 11.2 Å². The Hall–Kier alpha value is -1.43. The van der Waals surface area contributed by atoms with Crippen LogP contribution in [0.25, 0.3) is 0 Å². The summed E-state index contributed by atoms with van der Waals surface area (Å²) in [7, 11) is 1.62. The number of amides is 1. The van der Waals surface area contributed by atoms with Crippen molar-refractivity contribution >= 4 is 23.2 Å². The van der Waals surface area contributed by atoms with E-state index in [0.29, 0.717) is 23.4 Å². The smallest absolute Gasteiger partial charge is 0.329 e. The third-order valence-corrected chi connectivity index (χ3v) is 5.65. The first-order valence-corrected chi connectivity index (χ1v) is 8.22. The van der Waals surface area contributed by atoms with Crippen molar-refractivity contribution in [1.82, 2.24) is 9.88 Å². The second kappa shape index (κ2) is 6.13. The number of aromatic nitrogens is 1. The maximum Gasteiger partial charge on any atom is 0.329 e. The Morgan fingerprint density at radius 2 is 1.95 bits per heavy atom. The summed E-state index contributed by atoms with van der Waals surface area (Å²) in [4.78, 5) is 30.9. The molecule has 1 amide bonds. The van der Waals surface area contributed by atoms with Crippen LogP contribution in [0, 0.1) is 6.92 Å². The molecular formula is C15H22N2O3S. The van der Waals surface area contributed by atoms with Gasteiger partial charge in [-0.15, -0.1) is 11.3 Å². The van der Waals surface area contributed by atoms with Crippen molar-refractivity contribution in [2.75, 3.05) is 7.05 Å². The zero-order chi connectivity index (χ0) is 15.6. The zero-order valence-corrected chi connectivity index (χ0v) is 13.6. The highest BCUT2D eigenvalue weighted by atomic mass is 32.1. The van der Waals surface area contributed by atoms with Crippen molar-refractivity contribution in [3.05, 3.63) is 15.6 Å². The summed E-state index contributed by atoms with van der Waals surface area (Å²) >= 11 is 1.38. The van der Waals surface area contributed by atoms with E-state index in [9.17, 15) is 14.7 Å². The van der Waals surface area contributed by atoms with Crippen molar-refractivity contribution in [1.29, 1.82) is 0 Å². The predicted octanol–water partition coefficient (Wildman–Crippen LogP) is 2.87. The number of carbonyl (C=O) groups excluding carboxylic acids is 1. The van der Waals surface area contributed by atoms with E-state index in [-0.39, 0.29) is 5.91 Å². The molecule has 1 fully saturated rings. The Bertz CT molecular complexity index is 547. The number of hydrogen-bond acceptors (Lipinski definition) is 4. The molecule has 1 N–H and O–H groups in total. The number of carboxylic acids is 1. The van der Waals surface area contributed by atoms with E-state index in [4.69, 9.17) is 0 Å². The summed E-state index contributed by atoms with van der Waals surface area (Å²) in [5, 5.41) is 10.6. The van der Waals surface area contributed by atoms with Crippen LogP contribution in [0.15, 0.2) is 0 Å². The fraction of sp³-hybridized carbons (Fsp3) is 0.667. The number of aryl methyl sites for hydroxylation is 2. The topological polar surface area (TPSA) is 70.5 Å². The van der Waals surface area contributed by atoms with Gasteiger partial charge in [0, 0.05) is 7.05 Å². The molecule has 116 valence electrons. The van der Waals surface area contributed by atoms with Crippen molar-refractivity contribution in [2.24, 2.45) is 0 Å². The molecule has 0 atom stereocenters. The van der Waals surface area contributed by atoms with E-state index in [0.717, 1.165) is 30.7 Å². The first kappa shape index (κ1) is 15.9. The van der Waals surface area contributed by atoms with Crippen LogP contribution in [-0.4, -0.2) is 39.5 Å². The molecule has 1 heterocycles. The molecule has 0 spiro atoms. The van der Waals surface area contributed by atoms with Gasteiger partial charge in [-0.25, -0.2) is 9.78 Å². The van der Waals surface area contributed by atoms with Gasteiger partial charge in [0.25, 0.3) is 5.91 Å². The molecule has 0 bridgehead atoms. The fourth-order valence-electron chi connectivity index (χ4n) is 2.98. The van der Waals surface area contributed by atoms with Gasteiger partial charge in [-0.05, 0) is 26.2 Å². The summed E-state index contributed by atoms with van der Waals surface area (Å²) in [6.07, 6.45) is 4.59. The Morgan fingerprint density at radius 1 is 1.33 bits per heavy atom. The average molecular weight is 310 g/mol. The highest BCUT2D eigenvalue weighted by molar-refractivity contribution is 7.13. The van der Waals surface area contributed by atoms with E-state index >= 15 is 0 Å². The van der Waals surface area contributed by atoms with Crippen molar-refractivity contribution < 1.29 is 14.7 Å². The maximum absolute atomic E-state index is 12.7. The molecule has 0 aromatic carbocycles. The van der Waals surface area contributed by atoms with E-state index in [1.165, 1.54) is 16.2 Å². The van der Waals surface area contributed by atoms with Crippen LogP contribution in [0.5, 0.6) is 0 Å². The van der Waals surface area contributed by atoms with Gasteiger partial charge in [-0.1, -0.05) is 26.2 Å². The van der Waals surface area contributed by atoms with Crippen molar-refractivity contribution in [2.45, 2.75) is 57.9 Å². The van der Waals surface area contributed by atoms with Crippen molar-refractivity contribution in [3.63, 3.8) is 0 Å². The molecule has 1 aromatic rings. The maximum atomic E-state index is 12.7. The summed E-state index contributed by atoms with van der Waals surface area (Å²) in [6, 6.07) is 0. The minimum absolute atomic E-state index is 0.214. The van der Waals surface area contributed by atoms with Gasteiger partial charge in [-0.3, -0.25) is 4.79 Å². The van der Waals surface area contributed by atoms with Gasteiger partial charge >= 0.3 is 5.97 Å². The molecule has 1 aromatic heterocycles. The van der Waals surface area contributed by atoms with E-state index < -0.39 is 11.5 Å². The molecule has 21 heavy (non-hydrogen) atoms. The second-order valence-electron chi connectivity index (χ2n) is 5.64. The number of hydrogen-bond donors (Lipinski definition) is 1. The van der Waals surface area contributed by atoms with Crippen LogP contribution in [0.1, 0.15) is 59.4 Å². The molecule has 2 rings (SSSR count). The Kier molecular flexibility index (Phi) is 4.66. The Labute approximate surface area is 129 Å². The predicted molar refractivity (Wildman–Crippen MR) is 81.8 cm³/mol. The molecule has 0 saturated heterocycles. The van der Waals surface area contributed by atoms with Gasteiger partial charge in [0.15, 0.2) is 0 Å². The molecule has 0 radical (unpaired) electrons. The fourth-order valence-corrected chi connectivity index (χ4v) is 3.96.